The molecule has 2 unspecified atom stereocenters. The van der Waals surface area contributed by atoms with E-state index in [0.717, 1.165) is 5.56 Å². The van der Waals surface area contributed by atoms with Crippen molar-refractivity contribution in [3.63, 3.8) is 0 Å². The number of rotatable bonds is 5. The molecule has 82 valence electrons. The molecule has 0 spiro atoms. The van der Waals surface area contributed by atoms with Crippen LogP contribution in [0.4, 0.5) is 0 Å². The maximum Gasteiger partial charge on any atom is 0.306 e. The lowest BCUT2D eigenvalue weighted by molar-refractivity contribution is -0.142. The number of carbonyl (C=O) groups is 1. The van der Waals surface area contributed by atoms with E-state index in [2.05, 4.69) is 0 Å². The van der Waals surface area contributed by atoms with E-state index in [1.165, 1.54) is 0 Å². The van der Waals surface area contributed by atoms with E-state index in [-0.39, 0.29) is 12.0 Å². The van der Waals surface area contributed by atoms with Gasteiger partial charge in [0.1, 0.15) is 0 Å². The fourth-order valence-corrected chi connectivity index (χ4v) is 1.62. The molecular formula is C12H17NO2. The number of carboxylic acids is 1. The van der Waals surface area contributed by atoms with Gasteiger partial charge in [-0.25, -0.2) is 0 Å². The van der Waals surface area contributed by atoms with Crippen molar-refractivity contribution < 1.29 is 9.90 Å². The molecule has 1 aromatic carbocycles. The fraction of sp³-hybridized carbons (Fsp3) is 0.417. The van der Waals surface area contributed by atoms with Crippen LogP contribution in [0.25, 0.3) is 0 Å². The minimum absolute atomic E-state index is 0.0742. The number of aliphatic carboxylic acids is 1. The molecule has 2 atom stereocenters. The van der Waals surface area contributed by atoms with Crippen molar-refractivity contribution in [3.8, 4) is 0 Å². The molecule has 3 nitrogen and oxygen atoms in total. The molecule has 0 aromatic heterocycles. The third kappa shape index (κ3) is 4.13. The van der Waals surface area contributed by atoms with Crippen LogP contribution >= 0.6 is 0 Å². The van der Waals surface area contributed by atoms with Crippen LogP contribution in [0.5, 0.6) is 0 Å². The van der Waals surface area contributed by atoms with Crippen LogP contribution in [-0.2, 0) is 11.2 Å². The number of benzene rings is 1. The topological polar surface area (TPSA) is 63.3 Å². The first-order valence-electron chi connectivity index (χ1n) is 5.12. The van der Waals surface area contributed by atoms with Gasteiger partial charge in [0, 0.05) is 6.04 Å². The second kappa shape index (κ2) is 5.51. The highest BCUT2D eigenvalue weighted by Crippen LogP contribution is 2.13. The van der Waals surface area contributed by atoms with Crippen LogP contribution in [0.1, 0.15) is 18.9 Å². The average molecular weight is 207 g/mol. The molecule has 0 amide bonds. The smallest absolute Gasteiger partial charge is 0.306 e. The summed E-state index contributed by atoms with van der Waals surface area (Å²) in [5, 5.41) is 9.03. The van der Waals surface area contributed by atoms with Crippen LogP contribution in [-0.4, -0.2) is 17.1 Å². The zero-order valence-corrected chi connectivity index (χ0v) is 8.89. The lowest BCUT2D eigenvalue weighted by Crippen LogP contribution is -2.26. The van der Waals surface area contributed by atoms with Crippen LogP contribution in [0.15, 0.2) is 30.3 Å². The highest BCUT2D eigenvalue weighted by Gasteiger charge is 2.19. The number of nitrogens with two attached hydrogens (primary N) is 1. The summed E-state index contributed by atoms with van der Waals surface area (Å²) in [6.07, 6.45) is 1.07. The lowest BCUT2D eigenvalue weighted by Gasteiger charge is -2.14. The predicted octanol–water partition coefficient (Wildman–Crippen LogP) is 1.67. The summed E-state index contributed by atoms with van der Waals surface area (Å²) in [5.41, 5.74) is 6.67. The highest BCUT2D eigenvalue weighted by atomic mass is 16.4. The summed E-state index contributed by atoms with van der Waals surface area (Å²) in [7, 11) is 0. The van der Waals surface area contributed by atoms with Crippen LogP contribution in [0.2, 0.25) is 0 Å². The quantitative estimate of drug-likeness (QED) is 0.772. The van der Waals surface area contributed by atoms with E-state index in [0.29, 0.717) is 12.8 Å². The van der Waals surface area contributed by atoms with Crippen molar-refractivity contribution in [2.75, 3.05) is 0 Å². The maximum atomic E-state index is 11.0. The van der Waals surface area contributed by atoms with E-state index in [9.17, 15) is 4.79 Å². The highest BCUT2D eigenvalue weighted by molar-refractivity contribution is 5.70. The minimum atomic E-state index is -0.767. The summed E-state index contributed by atoms with van der Waals surface area (Å²) >= 11 is 0. The standard InChI is InChI=1S/C12H17NO2/c1-9(13)7-11(12(14)15)8-10-5-3-2-4-6-10/h2-6,9,11H,7-8,13H2,1H3,(H,14,15). The summed E-state index contributed by atoms with van der Waals surface area (Å²) in [6.45, 7) is 1.83. The van der Waals surface area contributed by atoms with E-state index >= 15 is 0 Å². The Morgan fingerprint density at radius 1 is 1.40 bits per heavy atom. The lowest BCUT2D eigenvalue weighted by atomic mass is 9.93. The summed E-state index contributed by atoms with van der Waals surface area (Å²) in [6, 6.07) is 9.56. The molecule has 0 saturated carbocycles. The molecule has 15 heavy (non-hydrogen) atoms. The molecule has 0 saturated heterocycles. The minimum Gasteiger partial charge on any atom is -0.481 e. The third-order valence-corrected chi connectivity index (χ3v) is 2.33. The van der Waals surface area contributed by atoms with Crippen molar-refractivity contribution in [2.45, 2.75) is 25.8 Å². The zero-order chi connectivity index (χ0) is 11.3. The van der Waals surface area contributed by atoms with E-state index < -0.39 is 5.97 Å². The van der Waals surface area contributed by atoms with Gasteiger partial charge in [-0.2, -0.15) is 0 Å². The first-order chi connectivity index (χ1) is 7.09. The monoisotopic (exact) mass is 207 g/mol. The van der Waals surface area contributed by atoms with Gasteiger partial charge >= 0.3 is 5.97 Å². The molecule has 0 aliphatic rings. The van der Waals surface area contributed by atoms with Gasteiger partial charge in [0.15, 0.2) is 0 Å². The van der Waals surface area contributed by atoms with Gasteiger partial charge in [0.05, 0.1) is 5.92 Å². The summed E-state index contributed by atoms with van der Waals surface area (Å²) < 4.78 is 0. The van der Waals surface area contributed by atoms with Crippen molar-refractivity contribution in [3.05, 3.63) is 35.9 Å². The van der Waals surface area contributed by atoms with Crippen molar-refractivity contribution in [2.24, 2.45) is 11.7 Å². The summed E-state index contributed by atoms with van der Waals surface area (Å²) in [5.74, 6) is -1.15. The molecule has 0 heterocycles. The normalized spacial score (nSPS) is 14.5. The Kier molecular flexibility index (Phi) is 4.31. The number of hydrogen-bond acceptors (Lipinski definition) is 2. The molecule has 0 fully saturated rings. The van der Waals surface area contributed by atoms with E-state index in [4.69, 9.17) is 10.8 Å². The zero-order valence-electron chi connectivity index (χ0n) is 8.89. The predicted molar refractivity (Wildman–Crippen MR) is 59.5 cm³/mol. The first-order valence-corrected chi connectivity index (χ1v) is 5.12. The second-order valence-electron chi connectivity index (χ2n) is 3.94. The van der Waals surface area contributed by atoms with Crippen molar-refractivity contribution in [1.82, 2.24) is 0 Å². The molecule has 1 aromatic rings. The SMILES string of the molecule is CC(N)CC(Cc1ccccc1)C(=O)O. The Hall–Kier alpha value is -1.35. The molecule has 0 radical (unpaired) electrons. The Bertz CT molecular complexity index is 309. The Morgan fingerprint density at radius 2 is 2.00 bits per heavy atom. The second-order valence-corrected chi connectivity index (χ2v) is 3.94. The molecule has 1 rings (SSSR count). The van der Waals surface area contributed by atoms with E-state index in [1.807, 2.05) is 37.3 Å². The van der Waals surface area contributed by atoms with Crippen LogP contribution in [0, 0.1) is 5.92 Å². The van der Waals surface area contributed by atoms with Gasteiger partial charge < -0.3 is 10.8 Å². The van der Waals surface area contributed by atoms with Gasteiger partial charge in [0.2, 0.25) is 0 Å². The first kappa shape index (κ1) is 11.7. The Balaban J connectivity index is 2.63. The Morgan fingerprint density at radius 3 is 2.47 bits per heavy atom. The number of carboxylic acid groups (broad SMARTS) is 1. The molecule has 0 bridgehead atoms. The maximum absolute atomic E-state index is 11.0. The molecule has 3 N–H and O–H groups in total. The van der Waals surface area contributed by atoms with Crippen molar-refractivity contribution in [1.29, 1.82) is 0 Å². The third-order valence-electron chi connectivity index (χ3n) is 2.33. The molecular weight excluding hydrogens is 190 g/mol. The van der Waals surface area contributed by atoms with Gasteiger partial charge in [0.25, 0.3) is 0 Å². The van der Waals surface area contributed by atoms with Gasteiger partial charge in [-0.1, -0.05) is 30.3 Å². The fourth-order valence-electron chi connectivity index (χ4n) is 1.62. The number of hydrogen-bond donors (Lipinski definition) is 2. The molecule has 3 heteroatoms. The van der Waals surface area contributed by atoms with Gasteiger partial charge in [-0.15, -0.1) is 0 Å². The summed E-state index contributed by atoms with van der Waals surface area (Å²) in [4.78, 5) is 11.0. The average Bonchev–Trinajstić information content (AvgIpc) is 2.17. The van der Waals surface area contributed by atoms with Crippen molar-refractivity contribution >= 4 is 5.97 Å². The van der Waals surface area contributed by atoms with Gasteiger partial charge in [-0.05, 0) is 25.3 Å². The van der Waals surface area contributed by atoms with E-state index in [1.54, 1.807) is 0 Å². The molecule has 0 aliphatic heterocycles. The van der Waals surface area contributed by atoms with Crippen LogP contribution < -0.4 is 5.73 Å². The largest absolute Gasteiger partial charge is 0.481 e. The molecule has 0 aliphatic carbocycles. The Labute approximate surface area is 89.9 Å². The van der Waals surface area contributed by atoms with Crippen LogP contribution in [0.3, 0.4) is 0 Å². The van der Waals surface area contributed by atoms with Gasteiger partial charge in [-0.3, -0.25) is 4.79 Å².